The molecule has 72 heavy (non-hydrogen) atoms. The third kappa shape index (κ3) is 60.2. The summed E-state index contributed by atoms with van der Waals surface area (Å²) in [6.45, 7) is 4.04. The van der Waals surface area contributed by atoms with E-state index in [4.69, 9.17) is 9.47 Å². The van der Waals surface area contributed by atoms with Crippen molar-refractivity contribution in [3.05, 3.63) is 60.8 Å². The summed E-state index contributed by atoms with van der Waals surface area (Å²) in [5, 5.41) is 9.65. The molecule has 0 fully saturated rings. The SMILES string of the molecule is CC/C=C\C/C=C\C/C=C\C/C=C\C/C=C\CCCCCC(=O)OC(CO)COC(=O)CCCCCCCCCCCCCCCCCCCCCCCCCCCCCCCCCCCCCCCCC. The minimum atomic E-state index is -0.791. The van der Waals surface area contributed by atoms with Crippen LogP contribution in [-0.4, -0.2) is 36.4 Å². The van der Waals surface area contributed by atoms with Gasteiger partial charge in [-0.15, -0.1) is 0 Å². The van der Waals surface area contributed by atoms with Crippen molar-refractivity contribution >= 4 is 11.9 Å². The van der Waals surface area contributed by atoms with Gasteiger partial charge in [-0.05, 0) is 57.8 Å². The number of aliphatic hydroxyl groups excluding tert-OH is 1. The highest BCUT2D eigenvalue weighted by atomic mass is 16.6. The van der Waals surface area contributed by atoms with Gasteiger partial charge in [-0.25, -0.2) is 0 Å². The molecule has 420 valence electrons. The molecule has 0 rings (SSSR count). The van der Waals surface area contributed by atoms with Gasteiger partial charge in [0.2, 0.25) is 0 Å². The Morgan fingerprint density at radius 2 is 0.597 bits per heavy atom. The average molecular weight is 1010 g/mol. The molecule has 0 radical (unpaired) electrons. The van der Waals surface area contributed by atoms with E-state index in [-0.39, 0.29) is 25.2 Å². The normalized spacial score (nSPS) is 12.5. The maximum Gasteiger partial charge on any atom is 0.306 e. The minimum Gasteiger partial charge on any atom is -0.462 e. The van der Waals surface area contributed by atoms with E-state index in [2.05, 4.69) is 74.6 Å². The zero-order chi connectivity index (χ0) is 52.0. The first-order valence-corrected chi connectivity index (χ1v) is 31.8. The van der Waals surface area contributed by atoms with Gasteiger partial charge in [0.15, 0.2) is 6.10 Å². The molecule has 5 heteroatoms. The van der Waals surface area contributed by atoms with E-state index < -0.39 is 6.10 Å². The Hall–Kier alpha value is -2.40. The van der Waals surface area contributed by atoms with Crippen LogP contribution in [0.15, 0.2) is 60.8 Å². The number of carbonyl (C=O) groups excluding carboxylic acids is 2. The quantitative estimate of drug-likeness (QED) is 0.0373. The van der Waals surface area contributed by atoms with Crippen LogP contribution in [-0.2, 0) is 19.1 Å². The van der Waals surface area contributed by atoms with Crippen molar-refractivity contribution in [2.24, 2.45) is 0 Å². The van der Waals surface area contributed by atoms with Crippen LogP contribution < -0.4 is 0 Å². The predicted octanol–water partition coefficient (Wildman–Crippen LogP) is 21.8. The first-order chi connectivity index (χ1) is 35.6. The van der Waals surface area contributed by atoms with Gasteiger partial charge >= 0.3 is 11.9 Å². The van der Waals surface area contributed by atoms with E-state index in [9.17, 15) is 14.7 Å². The fourth-order valence-corrected chi connectivity index (χ4v) is 9.59. The molecule has 0 aromatic carbocycles. The number of esters is 2. The van der Waals surface area contributed by atoms with Crippen LogP contribution in [0.5, 0.6) is 0 Å². The lowest BCUT2D eigenvalue weighted by Crippen LogP contribution is -2.28. The van der Waals surface area contributed by atoms with Crippen molar-refractivity contribution in [1.82, 2.24) is 0 Å². The van der Waals surface area contributed by atoms with Crippen molar-refractivity contribution in [3.63, 3.8) is 0 Å². The predicted molar refractivity (Wildman–Crippen MR) is 316 cm³/mol. The number of carbonyl (C=O) groups is 2. The lowest BCUT2D eigenvalue weighted by atomic mass is 10.0. The van der Waals surface area contributed by atoms with Crippen molar-refractivity contribution in [3.8, 4) is 0 Å². The van der Waals surface area contributed by atoms with Gasteiger partial charge in [-0.3, -0.25) is 9.59 Å². The fraction of sp³-hybridized carbons (Fsp3) is 0.821. The smallest absolute Gasteiger partial charge is 0.306 e. The number of ether oxygens (including phenoxy) is 2. The zero-order valence-electron chi connectivity index (χ0n) is 48.2. The van der Waals surface area contributed by atoms with E-state index in [0.29, 0.717) is 12.8 Å². The molecule has 0 bridgehead atoms. The van der Waals surface area contributed by atoms with Crippen molar-refractivity contribution in [2.45, 2.75) is 341 Å². The topological polar surface area (TPSA) is 72.8 Å². The summed E-state index contributed by atoms with van der Waals surface area (Å²) in [6.07, 6.45) is 85.4. The van der Waals surface area contributed by atoms with Gasteiger partial charge < -0.3 is 14.6 Å². The zero-order valence-corrected chi connectivity index (χ0v) is 48.2. The van der Waals surface area contributed by atoms with E-state index in [1.807, 2.05) is 0 Å². The molecule has 5 nitrogen and oxygen atoms in total. The first kappa shape index (κ1) is 69.6. The summed E-state index contributed by atoms with van der Waals surface area (Å²) < 4.78 is 10.7. The summed E-state index contributed by atoms with van der Waals surface area (Å²) in [6, 6.07) is 0. The van der Waals surface area contributed by atoms with Gasteiger partial charge in [0.05, 0.1) is 6.61 Å². The third-order valence-corrected chi connectivity index (χ3v) is 14.3. The average Bonchev–Trinajstić information content (AvgIpc) is 3.38. The number of unbranched alkanes of at least 4 members (excludes halogenated alkanes) is 41. The van der Waals surface area contributed by atoms with Crippen LogP contribution in [0.25, 0.3) is 0 Å². The Kier molecular flexibility index (Phi) is 60.8. The Balaban J connectivity index is 3.39. The van der Waals surface area contributed by atoms with Crippen molar-refractivity contribution < 1.29 is 24.2 Å². The van der Waals surface area contributed by atoms with Crippen LogP contribution in [0.1, 0.15) is 335 Å². The number of rotatable bonds is 59. The highest BCUT2D eigenvalue weighted by molar-refractivity contribution is 5.70. The maximum absolute atomic E-state index is 12.3. The second-order valence-electron chi connectivity index (χ2n) is 21.5. The van der Waals surface area contributed by atoms with Gasteiger partial charge in [0.1, 0.15) is 6.61 Å². The molecule has 0 aliphatic heterocycles. The maximum atomic E-state index is 12.3. The lowest BCUT2D eigenvalue weighted by Gasteiger charge is -2.15. The molecule has 0 aliphatic rings. The van der Waals surface area contributed by atoms with Gasteiger partial charge in [-0.1, -0.05) is 325 Å². The number of aliphatic hydroxyl groups is 1. The van der Waals surface area contributed by atoms with Crippen LogP contribution in [0.2, 0.25) is 0 Å². The monoisotopic (exact) mass is 1010 g/mol. The number of allylic oxidation sites excluding steroid dienone is 10. The molecule has 1 N–H and O–H groups in total. The fourth-order valence-electron chi connectivity index (χ4n) is 9.59. The molecule has 0 aliphatic carbocycles. The van der Waals surface area contributed by atoms with E-state index >= 15 is 0 Å². The first-order valence-electron chi connectivity index (χ1n) is 31.8. The Bertz CT molecular complexity index is 1230. The lowest BCUT2D eigenvalue weighted by molar-refractivity contribution is -0.161. The van der Waals surface area contributed by atoms with Crippen LogP contribution in [0, 0.1) is 0 Å². The second-order valence-corrected chi connectivity index (χ2v) is 21.5. The molecule has 1 unspecified atom stereocenters. The molecule has 0 heterocycles. The van der Waals surface area contributed by atoms with Gasteiger partial charge in [0.25, 0.3) is 0 Å². The summed E-state index contributed by atoms with van der Waals surface area (Å²) >= 11 is 0. The minimum absolute atomic E-state index is 0.0785. The Morgan fingerprint density at radius 1 is 0.333 bits per heavy atom. The summed E-state index contributed by atoms with van der Waals surface area (Å²) in [5.74, 6) is -0.617. The molecule has 0 saturated carbocycles. The third-order valence-electron chi connectivity index (χ3n) is 14.3. The molecule has 1 atom stereocenters. The Labute approximate surface area is 449 Å². The Morgan fingerprint density at radius 3 is 0.903 bits per heavy atom. The molecule has 0 spiro atoms. The molecule has 0 aromatic heterocycles. The standard InChI is InChI=1S/C67H122O5/c1-3-5-7-9-11-13-15-17-19-21-23-24-25-26-27-28-29-30-31-32-33-34-35-36-37-38-39-40-41-42-44-45-47-49-51-53-55-57-59-61-66(69)71-64-65(63-68)72-67(70)62-60-58-56-54-52-50-48-46-43-22-20-18-16-14-12-10-8-6-4-2/h6,8,12,14,18,20,43,46,50,52,65,68H,3-5,7,9-11,13,15-17,19,21-42,44-45,47-49,51,53-64H2,1-2H3/b8-6-,14-12-,20-18-,46-43-,52-50-. The molecule has 0 amide bonds. The van der Waals surface area contributed by atoms with Crippen molar-refractivity contribution in [1.29, 1.82) is 0 Å². The summed E-state index contributed by atoms with van der Waals surface area (Å²) in [4.78, 5) is 24.5. The van der Waals surface area contributed by atoms with Crippen LogP contribution in [0.3, 0.4) is 0 Å². The summed E-state index contributed by atoms with van der Waals surface area (Å²) in [5.41, 5.74) is 0. The van der Waals surface area contributed by atoms with E-state index in [1.54, 1.807) is 0 Å². The largest absolute Gasteiger partial charge is 0.462 e. The molecule has 0 aromatic rings. The van der Waals surface area contributed by atoms with Gasteiger partial charge in [-0.2, -0.15) is 0 Å². The van der Waals surface area contributed by atoms with Crippen molar-refractivity contribution in [2.75, 3.05) is 13.2 Å². The highest BCUT2D eigenvalue weighted by Crippen LogP contribution is 2.18. The number of hydrogen-bond donors (Lipinski definition) is 1. The summed E-state index contributed by atoms with van der Waals surface area (Å²) in [7, 11) is 0. The van der Waals surface area contributed by atoms with E-state index in [1.165, 1.54) is 231 Å². The van der Waals surface area contributed by atoms with Gasteiger partial charge in [0, 0.05) is 12.8 Å². The molecule has 0 saturated heterocycles. The number of hydrogen-bond acceptors (Lipinski definition) is 5. The molecular formula is C67H122O5. The highest BCUT2D eigenvalue weighted by Gasteiger charge is 2.16. The van der Waals surface area contributed by atoms with Crippen LogP contribution >= 0.6 is 0 Å². The second kappa shape index (κ2) is 62.9. The van der Waals surface area contributed by atoms with Crippen LogP contribution in [0.4, 0.5) is 0 Å². The molecular weight excluding hydrogens is 885 g/mol. The van der Waals surface area contributed by atoms with E-state index in [0.717, 1.165) is 77.0 Å².